The van der Waals surface area contributed by atoms with Crippen molar-refractivity contribution in [3.05, 3.63) is 70.9 Å². The van der Waals surface area contributed by atoms with E-state index in [1.165, 1.54) is 12.0 Å². The number of aryl methyl sites for hydroxylation is 1. The van der Waals surface area contributed by atoms with Gasteiger partial charge in [-0.05, 0) is 56.0 Å². The van der Waals surface area contributed by atoms with Gasteiger partial charge in [0, 0.05) is 22.3 Å². The highest BCUT2D eigenvalue weighted by molar-refractivity contribution is 6.31. The first-order valence-electron chi connectivity index (χ1n) is 12.5. The van der Waals surface area contributed by atoms with E-state index in [4.69, 9.17) is 16.7 Å². The third-order valence-electron chi connectivity index (χ3n) is 7.31. The minimum atomic E-state index is -1.15. The van der Waals surface area contributed by atoms with Gasteiger partial charge in [-0.15, -0.1) is 0 Å². The van der Waals surface area contributed by atoms with Crippen molar-refractivity contribution in [2.75, 3.05) is 4.90 Å². The molecule has 35 heavy (non-hydrogen) atoms. The maximum atomic E-state index is 13.9. The zero-order valence-corrected chi connectivity index (χ0v) is 21.0. The summed E-state index contributed by atoms with van der Waals surface area (Å²) in [5, 5.41) is 8.51. The summed E-state index contributed by atoms with van der Waals surface area (Å²) in [5.74, 6) is -0.420. The van der Waals surface area contributed by atoms with E-state index in [9.17, 15) is 9.59 Å². The first-order chi connectivity index (χ1) is 16.9. The number of anilines is 1. The molecule has 1 aliphatic heterocycles. The van der Waals surface area contributed by atoms with E-state index in [0.717, 1.165) is 43.4 Å². The number of aromatic nitrogens is 2. The van der Waals surface area contributed by atoms with Gasteiger partial charge in [0.15, 0.2) is 0 Å². The van der Waals surface area contributed by atoms with E-state index in [2.05, 4.69) is 24.4 Å². The molecule has 0 unspecified atom stereocenters. The molecule has 2 aliphatic rings. The molecule has 182 valence electrons. The van der Waals surface area contributed by atoms with Crippen molar-refractivity contribution < 1.29 is 9.59 Å². The third-order valence-corrected chi connectivity index (χ3v) is 7.54. The van der Waals surface area contributed by atoms with E-state index in [0.29, 0.717) is 16.4 Å². The van der Waals surface area contributed by atoms with Gasteiger partial charge in [0.25, 0.3) is 5.91 Å². The molecule has 0 radical (unpaired) electrons. The molecular weight excluding hydrogens is 460 g/mol. The van der Waals surface area contributed by atoms with Gasteiger partial charge >= 0.3 is 0 Å². The van der Waals surface area contributed by atoms with Crippen molar-refractivity contribution in [3.8, 4) is 11.3 Å². The maximum Gasteiger partial charge on any atom is 0.277 e. The Kier molecular flexibility index (Phi) is 6.41. The van der Waals surface area contributed by atoms with Crippen molar-refractivity contribution in [2.24, 2.45) is 0 Å². The predicted octanol–water partition coefficient (Wildman–Crippen LogP) is 5.63. The second-order valence-corrected chi connectivity index (χ2v) is 10.3. The molecule has 7 heteroatoms. The first-order valence-corrected chi connectivity index (χ1v) is 12.8. The Morgan fingerprint density at radius 3 is 2.54 bits per heavy atom. The molecule has 0 spiro atoms. The van der Waals surface area contributed by atoms with Gasteiger partial charge in [0.1, 0.15) is 11.2 Å². The predicted molar refractivity (Wildman–Crippen MR) is 139 cm³/mol. The molecule has 1 aliphatic carbocycles. The largest absolute Gasteiger partial charge is 0.351 e. The number of nitrogens with one attached hydrogen (secondary N) is 1. The molecule has 1 N–H and O–H groups in total. The van der Waals surface area contributed by atoms with E-state index in [1.54, 1.807) is 27.8 Å². The van der Waals surface area contributed by atoms with E-state index in [-0.39, 0.29) is 24.4 Å². The van der Waals surface area contributed by atoms with Crippen LogP contribution in [0.2, 0.25) is 5.02 Å². The summed E-state index contributed by atoms with van der Waals surface area (Å²) in [6.07, 6.45) is 6.33. The summed E-state index contributed by atoms with van der Waals surface area (Å²) in [7, 11) is 0. The monoisotopic (exact) mass is 490 g/mol. The fourth-order valence-electron chi connectivity index (χ4n) is 5.24. The quantitative estimate of drug-likeness (QED) is 0.503. The molecule has 5 rings (SSSR count). The number of nitrogens with zero attached hydrogens (tertiary/aromatic N) is 3. The van der Waals surface area contributed by atoms with Crippen molar-refractivity contribution >= 4 is 29.1 Å². The van der Waals surface area contributed by atoms with Crippen LogP contribution in [0.3, 0.4) is 0 Å². The fourth-order valence-corrected chi connectivity index (χ4v) is 5.43. The summed E-state index contributed by atoms with van der Waals surface area (Å²) < 4.78 is 1.69. The van der Waals surface area contributed by atoms with Gasteiger partial charge in [-0.3, -0.25) is 19.2 Å². The Morgan fingerprint density at radius 1 is 1.11 bits per heavy atom. The number of rotatable bonds is 5. The highest BCUT2D eigenvalue weighted by Crippen LogP contribution is 2.35. The lowest BCUT2D eigenvalue weighted by molar-refractivity contribution is -0.127. The molecule has 2 heterocycles. The van der Waals surface area contributed by atoms with Crippen LogP contribution in [-0.4, -0.2) is 33.2 Å². The summed E-state index contributed by atoms with van der Waals surface area (Å²) in [6.45, 7) is 4.20. The van der Waals surface area contributed by atoms with Gasteiger partial charge in [-0.2, -0.15) is 5.10 Å². The lowest BCUT2D eigenvalue weighted by atomic mass is 9.91. The zero-order valence-electron chi connectivity index (χ0n) is 20.3. The minimum absolute atomic E-state index is 0.135. The highest BCUT2D eigenvalue weighted by atomic mass is 35.5. The molecule has 6 nitrogen and oxygen atoms in total. The molecule has 1 aromatic heterocycles. The van der Waals surface area contributed by atoms with Crippen LogP contribution in [0.15, 0.2) is 54.6 Å². The van der Waals surface area contributed by atoms with E-state index >= 15 is 0 Å². The van der Waals surface area contributed by atoms with E-state index in [1.807, 2.05) is 31.2 Å². The standard InChI is InChI=1S/C28H31ClN4O2/c1-3-19-12-14-20(15-13-19)24-17-25-26(34)33(23-11-7-8-21(29)16-23)28(2,18-32(25)31-24)27(35)30-22-9-5-4-6-10-22/h7-8,11-17,22H,3-6,9-10,18H2,1-2H3,(H,30,35)/t28-/m0/s1. The number of carbonyl (C=O) groups excluding carboxylic acids is 2. The molecule has 1 atom stereocenters. The van der Waals surface area contributed by atoms with Crippen LogP contribution in [0, 0.1) is 0 Å². The smallest absolute Gasteiger partial charge is 0.277 e. The molecule has 0 bridgehead atoms. The molecule has 2 aromatic carbocycles. The lowest BCUT2D eigenvalue weighted by Gasteiger charge is -2.44. The lowest BCUT2D eigenvalue weighted by Crippen LogP contribution is -2.65. The number of halogens is 1. The zero-order chi connectivity index (χ0) is 24.6. The summed E-state index contributed by atoms with van der Waals surface area (Å²) in [6, 6.07) is 17.3. The van der Waals surface area contributed by atoms with Crippen LogP contribution in [0.25, 0.3) is 11.3 Å². The number of benzene rings is 2. The minimum Gasteiger partial charge on any atom is -0.351 e. The molecular formula is C28H31ClN4O2. The van der Waals surface area contributed by atoms with Crippen LogP contribution in [-0.2, 0) is 17.8 Å². The molecule has 2 amide bonds. The molecule has 3 aromatic rings. The molecule has 1 fully saturated rings. The fraction of sp³-hybridized carbons (Fsp3) is 0.393. The molecule has 1 saturated carbocycles. The van der Waals surface area contributed by atoms with Crippen molar-refractivity contribution in [1.29, 1.82) is 0 Å². The van der Waals surface area contributed by atoms with Crippen molar-refractivity contribution in [3.63, 3.8) is 0 Å². The Morgan fingerprint density at radius 2 is 1.86 bits per heavy atom. The normalized spacial score (nSPS) is 20.5. The maximum absolute atomic E-state index is 13.9. The van der Waals surface area contributed by atoms with Crippen LogP contribution in [0.5, 0.6) is 0 Å². The Hall–Kier alpha value is -3.12. The SMILES string of the molecule is CCc1ccc(-c2cc3n(n2)C[C@@](C)(C(=O)NC2CCCCC2)N(c2cccc(Cl)c2)C3=O)cc1. The van der Waals surface area contributed by atoms with Gasteiger partial charge in [-0.25, -0.2) is 0 Å². The second kappa shape index (κ2) is 9.50. The number of hydrogen-bond donors (Lipinski definition) is 1. The second-order valence-electron chi connectivity index (χ2n) is 9.83. The van der Waals surface area contributed by atoms with Crippen LogP contribution in [0.4, 0.5) is 5.69 Å². The average molecular weight is 491 g/mol. The van der Waals surface area contributed by atoms with Gasteiger partial charge < -0.3 is 5.32 Å². The van der Waals surface area contributed by atoms with Gasteiger partial charge in [0.05, 0.1) is 12.2 Å². The number of carbonyl (C=O) groups is 2. The summed E-state index contributed by atoms with van der Waals surface area (Å²) in [5.41, 5.74) is 2.82. The highest BCUT2D eigenvalue weighted by Gasteiger charge is 2.49. The summed E-state index contributed by atoms with van der Waals surface area (Å²) in [4.78, 5) is 29.3. The van der Waals surface area contributed by atoms with Crippen LogP contribution < -0.4 is 10.2 Å². The number of amides is 2. The Balaban J connectivity index is 1.54. The Bertz CT molecular complexity index is 1250. The van der Waals surface area contributed by atoms with Gasteiger partial charge in [0.2, 0.25) is 5.91 Å². The van der Waals surface area contributed by atoms with Crippen LogP contribution >= 0.6 is 11.6 Å². The third kappa shape index (κ3) is 4.47. The average Bonchev–Trinajstić information content (AvgIpc) is 3.29. The Labute approximate surface area is 211 Å². The first kappa shape index (κ1) is 23.6. The van der Waals surface area contributed by atoms with Gasteiger partial charge in [-0.1, -0.05) is 68.1 Å². The van der Waals surface area contributed by atoms with Crippen molar-refractivity contribution in [1.82, 2.24) is 15.1 Å². The van der Waals surface area contributed by atoms with Crippen molar-refractivity contribution in [2.45, 2.75) is 70.5 Å². The number of hydrogen-bond acceptors (Lipinski definition) is 3. The topological polar surface area (TPSA) is 67.2 Å². The van der Waals surface area contributed by atoms with Crippen LogP contribution in [0.1, 0.15) is 62.0 Å². The summed E-state index contributed by atoms with van der Waals surface area (Å²) >= 11 is 6.29. The molecule has 0 saturated heterocycles. The number of fused-ring (bicyclic) bond motifs is 1. The van der Waals surface area contributed by atoms with E-state index < -0.39 is 5.54 Å².